The predicted octanol–water partition coefficient (Wildman–Crippen LogP) is 4.99. The SMILES string of the molecule is Cc1ccc(CNc2cc(C)ccc2Br)c(C)c1. The first kappa shape index (κ1) is 13.2. The molecule has 0 fully saturated rings. The fourth-order valence-electron chi connectivity index (χ4n) is 2.01. The first-order chi connectivity index (χ1) is 8.56. The summed E-state index contributed by atoms with van der Waals surface area (Å²) in [6.07, 6.45) is 0. The molecule has 0 aliphatic carbocycles. The van der Waals surface area contributed by atoms with Crippen LogP contribution < -0.4 is 5.32 Å². The number of benzene rings is 2. The van der Waals surface area contributed by atoms with Crippen molar-refractivity contribution in [1.82, 2.24) is 0 Å². The maximum Gasteiger partial charge on any atom is 0.0489 e. The van der Waals surface area contributed by atoms with Gasteiger partial charge in [0.05, 0.1) is 0 Å². The zero-order valence-corrected chi connectivity index (χ0v) is 12.6. The van der Waals surface area contributed by atoms with Crippen LogP contribution in [-0.4, -0.2) is 0 Å². The van der Waals surface area contributed by atoms with Gasteiger partial charge in [0.15, 0.2) is 0 Å². The van der Waals surface area contributed by atoms with Crippen molar-refractivity contribution in [2.75, 3.05) is 5.32 Å². The third-order valence-electron chi connectivity index (χ3n) is 3.09. The van der Waals surface area contributed by atoms with Crippen molar-refractivity contribution in [1.29, 1.82) is 0 Å². The maximum absolute atomic E-state index is 3.57. The van der Waals surface area contributed by atoms with Crippen molar-refractivity contribution in [3.8, 4) is 0 Å². The highest BCUT2D eigenvalue weighted by Gasteiger charge is 2.02. The van der Waals surface area contributed by atoms with E-state index in [-0.39, 0.29) is 0 Å². The Morgan fingerprint density at radius 3 is 2.33 bits per heavy atom. The Bertz CT molecular complexity index is 561. The quantitative estimate of drug-likeness (QED) is 0.842. The average molecular weight is 304 g/mol. The molecule has 0 saturated heterocycles. The number of nitrogens with one attached hydrogen (secondary N) is 1. The van der Waals surface area contributed by atoms with Crippen molar-refractivity contribution >= 4 is 21.6 Å². The van der Waals surface area contributed by atoms with E-state index < -0.39 is 0 Å². The van der Waals surface area contributed by atoms with E-state index in [0.717, 1.165) is 16.7 Å². The Hall–Kier alpha value is -1.28. The van der Waals surface area contributed by atoms with Crippen molar-refractivity contribution in [2.45, 2.75) is 27.3 Å². The van der Waals surface area contributed by atoms with Crippen LogP contribution in [0.4, 0.5) is 5.69 Å². The van der Waals surface area contributed by atoms with Crippen LogP contribution in [0.5, 0.6) is 0 Å². The molecule has 0 spiro atoms. The summed E-state index contributed by atoms with van der Waals surface area (Å²) in [7, 11) is 0. The lowest BCUT2D eigenvalue weighted by molar-refractivity contribution is 1.11. The van der Waals surface area contributed by atoms with Crippen LogP contribution in [0.2, 0.25) is 0 Å². The third kappa shape index (κ3) is 3.14. The summed E-state index contributed by atoms with van der Waals surface area (Å²) in [5.41, 5.74) is 6.41. The van der Waals surface area contributed by atoms with Crippen LogP contribution >= 0.6 is 15.9 Å². The second kappa shape index (κ2) is 5.57. The largest absolute Gasteiger partial charge is 0.380 e. The number of anilines is 1. The molecule has 2 aromatic rings. The number of aryl methyl sites for hydroxylation is 3. The number of halogens is 1. The van der Waals surface area contributed by atoms with Gasteiger partial charge in [-0.2, -0.15) is 0 Å². The normalized spacial score (nSPS) is 10.4. The van der Waals surface area contributed by atoms with Gasteiger partial charge < -0.3 is 5.32 Å². The predicted molar refractivity (Wildman–Crippen MR) is 82.1 cm³/mol. The first-order valence-corrected chi connectivity index (χ1v) is 6.92. The molecule has 2 rings (SSSR count). The fraction of sp³-hybridized carbons (Fsp3) is 0.250. The molecule has 0 bridgehead atoms. The first-order valence-electron chi connectivity index (χ1n) is 6.12. The van der Waals surface area contributed by atoms with Crippen molar-refractivity contribution < 1.29 is 0 Å². The third-order valence-corrected chi connectivity index (χ3v) is 3.78. The lowest BCUT2D eigenvalue weighted by Crippen LogP contribution is -2.02. The van der Waals surface area contributed by atoms with Gasteiger partial charge in [-0.05, 0) is 65.5 Å². The van der Waals surface area contributed by atoms with Crippen molar-refractivity contribution in [3.05, 3.63) is 63.1 Å². The monoisotopic (exact) mass is 303 g/mol. The average Bonchev–Trinajstić information content (AvgIpc) is 2.32. The highest BCUT2D eigenvalue weighted by Crippen LogP contribution is 2.24. The summed E-state index contributed by atoms with van der Waals surface area (Å²) in [6.45, 7) is 7.25. The minimum absolute atomic E-state index is 0.855. The van der Waals surface area contributed by atoms with Gasteiger partial charge in [0.1, 0.15) is 0 Å². The standard InChI is InChI=1S/C16H18BrN/c1-11-4-6-14(13(3)8-11)10-18-16-9-12(2)5-7-15(16)17/h4-9,18H,10H2,1-3H3. The van der Waals surface area contributed by atoms with Gasteiger partial charge in [0.25, 0.3) is 0 Å². The van der Waals surface area contributed by atoms with Gasteiger partial charge in [-0.1, -0.05) is 29.8 Å². The lowest BCUT2D eigenvalue weighted by atomic mass is 10.1. The van der Waals surface area contributed by atoms with E-state index in [2.05, 4.69) is 78.4 Å². The van der Waals surface area contributed by atoms with Gasteiger partial charge in [-0.3, -0.25) is 0 Å². The van der Waals surface area contributed by atoms with E-state index in [1.54, 1.807) is 0 Å². The van der Waals surface area contributed by atoms with Crippen molar-refractivity contribution in [2.24, 2.45) is 0 Å². The van der Waals surface area contributed by atoms with E-state index in [1.165, 1.54) is 22.3 Å². The summed E-state index contributed by atoms with van der Waals surface area (Å²) in [5.74, 6) is 0. The molecule has 1 N–H and O–H groups in total. The molecule has 0 radical (unpaired) electrons. The van der Waals surface area contributed by atoms with E-state index >= 15 is 0 Å². The molecule has 0 unspecified atom stereocenters. The Kier molecular flexibility index (Phi) is 4.07. The van der Waals surface area contributed by atoms with Crippen LogP contribution in [0, 0.1) is 20.8 Å². The fourth-order valence-corrected chi connectivity index (χ4v) is 2.40. The van der Waals surface area contributed by atoms with E-state index in [9.17, 15) is 0 Å². The molecule has 1 nitrogen and oxygen atoms in total. The van der Waals surface area contributed by atoms with Crippen molar-refractivity contribution in [3.63, 3.8) is 0 Å². The molecule has 0 aliphatic rings. The lowest BCUT2D eigenvalue weighted by Gasteiger charge is -2.12. The molecule has 0 atom stereocenters. The Labute approximate surface area is 117 Å². The zero-order valence-electron chi connectivity index (χ0n) is 11.0. The van der Waals surface area contributed by atoms with Gasteiger partial charge in [0.2, 0.25) is 0 Å². The molecular weight excluding hydrogens is 286 g/mol. The number of rotatable bonds is 3. The summed E-state index contributed by atoms with van der Waals surface area (Å²) < 4.78 is 1.11. The summed E-state index contributed by atoms with van der Waals surface area (Å²) >= 11 is 3.57. The van der Waals surface area contributed by atoms with Gasteiger partial charge >= 0.3 is 0 Å². The summed E-state index contributed by atoms with van der Waals surface area (Å²) in [5, 5.41) is 3.48. The topological polar surface area (TPSA) is 12.0 Å². The smallest absolute Gasteiger partial charge is 0.0489 e. The molecule has 18 heavy (non-hydrogen) atoms. The van der Waals surface area contributed by atoms with Gasteiger partial charge in [-0.25, -0.2) is 0 Å². The van der Waals surface area contributed by atoms with E-state index in [0.29, 0.717) is 0 Å². The molecule has 94 valence electrons. The van der Waals surface area contributed by atoms with Crippen LogP contribution in [0.3, 0.4) is 0 Å². The molecule has 2 aromatic carbocycles. The molecule has 0 saturated carbocycles. The van der Waals surface area contributed by atoms with Crippen LogP contribution in [0.25, 0.3) is 0 Å². The van der Waals surface area contributed by atoms with E-state index in [4.69, 9.17) is 0 Å². The zero-order chi connectivity index (χ0) is 13.1. The second-order valence-electron chi connectivity index (χ2n) is 4.77. The second-order valence-corrected chi connectivity index (χ2v) is 5.62. The summed E-state index contributed by atoms with van der Waals surface area (Å²) in [4.78, 5) is 0. The number of hydrogen-bond donors (Lipinski definition) is 1. The molecule has 2 heteroatoms. The minimum Gasteiger partial charge on any atom is -0.380 e. The van der Waals surface area contributed by atoms with Crippen LogP contribution in [-0.2, 0) is 6.54 Å². The Morgan fingerprint density at radius 1 is 0.944 bits per heavy atom. The molecule has 0 aliphatic heterocycles. The highest BCUT2D eigenvalue weighted by atomic mass is 79.9. The van der Waals surface area contributed by atoms with Gasteiger partial charge in [-0.15, -0.1) is 0 Å². The summed E-state index contributed by atoms with van der Waals surface area (Å²) in [6, 6.07) is 12.9. The number of hydrogen-bond acceptors (Lipinski definition) is 1. The Balaban J connectivity index is 2.13. The molecular formula is C16H18BrN. The van der Waals surface area contributed by atoms with Crippen LogP contribution in [0.15, 0.2) is 40.9 Å². The minimum atomic E-state index is 0.855. The maximum atomic E-state index is 3.57. The molecule has 0 amide bonds. The van der Waals surface area contributed by atoms with E-state index in [1.807, 2.05) is 0 Å². The van der Waals surface area contributed by atoms with Crippen LogP contribution in [0.1, 0.15) is 22.3 Å². The van der Waals surface area contributed by atoms with Gasteiger partial charge in [0, 0.05) is 16.7 Å². The molecule has 0 aromatic heterocycles. The molecule has 0 heterocycles. The highest BCUT2D eigenvalue weighted by molar-refractivity contribution is 9.10. The Morgan fingerprint density at radius 2 is 1.61 bits per heavy atom.